The fraction of sp³-hybridized carbons (Fsp3) is 0.250. The van der Waals surface area contributed by atoms with E-state index in [0.717, 1.165) is 28.1 Å². The molecule has 0 bridgehead atoms. The SMILES string of the molecule is CN(C)c1ccc2c(c1)[Si](C)(C)C1=CC(=[N+](C)C)C=CC1=C2c1occc1C(=O)O. The van der Waals surface area contributed by atoms with E-state index in [1.807, 2.05) is 28.2 Å². The second-order valence-electron chi connectivity index (χ2n) is 8.72. The molecule has 1 aliphatic heterocycles. The monoisotopic (exact) mass is 419 g/mol. The first-order valence-electron chi connectivity index (χ1n) is 9.95. The quantitative estimate of drug-likeness (QED) is 0.611. The van der Waals surface area contributed by atoms with Crippen LogP contribution in [0.25, 0.3) is 5.57 Å². The average Bonchev–Trinajstić information content (AvgIpc) is 3.17. The maximum atomic E-state index is 11.9. The van der Waals surface area contributed by atoms with E-state index in [2.05, 4.69) is 59.0 Å². The maximum Gasteiger partial charge on any atom is 0.339 e. The van der Waals surface area contributed by atoms with Crippen LogP contribution in [0.1, 0.15) is 21.7 Å². The third kappa shape index (κ3) is 2.99. The highest BCUT2D eigenvalue weighted by atomic mass is 28.3. The predicted molar refractivity (Wildman–Crippen MR) is 124 cm³/mol. The van der Waals surface area contributed by atoms with Crippen LogP contribution in [0.3, 0.4) is 0 Å². The van der Waals surface area contributed by atoms with Crippen LogP contribution in [-0.4, -0.2) is 57.6 Å². The van der Waals surface area contributed by atoms with E-state index < -0.39 is 14.0 Å². The molecular weight excluding hydrogens is 392 g/mol. The first-order valence-corrected chi connectivity index (χ1v) is 13.0. The summed E-state index contributed by atoms with van der Waals surface area (Å²) < 4.78 is 7.88. The number of nitrogens with zero attached hydrogens (tertiary/aromatic N) is 2. The number of allylic oxidation sites excluding steroid dienone is 5. The summed E-state index contributed by atoms with van der Waals surface area (Å²) >= 11 is 0. The summed E-state index contributed by atoms with van der Waals surface area (Å²) in [6.07, 6.45) is 7.93. The molecule has 2 heterocycles. The summed E-state index contributed by atoms with van der Waals surface area (Å²) in [7, 11) is 6.11. The zero-order valence-electron chi connectivity index (χ0n) is 18.3. The van der Waals surface area contributed by atoms with Crippen molar-refractivity contribution >= 4 is 36.2 Å². The summed E-state index contributed by atoms with van der Waals surface area (Å²) in [5.74, 6) is -0.559. The van der Waals surface area contributed by atoms with Gasteiger partial charge in [0.2, 0.25) is 0 Å². The van der Waals surface area contributed by atoms with Crippen LogP contribution in [0.2, 0.25) is 13.1 Å². The molecular formula is C24H27N2O3Si+. The molecule has 30 heavy (non-hydrogen) atoms. The number of anilines is 1. The molecule has 0 saturated heterocycles. The summed E-state index contributed by atoms with van der Waals surface area (Å²) in [4.78, 5) is 14.0. The Morgan fingerprint density at radius 3 is 2.50 bits per heavy atom. The van der Waals surface area contributed by atoms with Crippen LogP contribution < -0.4 is 10.1 Å². The summed E-state index contributed by atoms with van der Waals surface area (Å²) in [6.45, 7) is 4.72. The van der Waals surface area contributed by atoms with Gasteiger partial charge in [0.25, 0.3) is 0 Å². The molecule has 0 radical (unpaired) electrons. The predicted octanol–water partition coefficient (Wildman–Crippen LogP) is 3.52. The molecule has 0 fully saturated rings. The number of hydrogen-bond donors (Lipinski definition) is 1. The molecule has 154 valence electrons. The highest BCUT2D eigenvalue weighted by Crippen LogP contribution is 2.42. The minimum Gasteiger partial charge on any atom is -0.478 e. The van der Waals surface area contributed by atoms with Gasteiger partial charge >= 0.3 is 5.97 Å². The smallest absolute Gasteiger partial charge is 0.339 e. The molecule has 4 rings (SSSR count). The van der Waals surface area contributed by atoms with Gasteiger partial charge in [-0.1, -0.05) is 19.2 Å². The Hall–Kier alpha value is -3.12. The number of carboxylic acid groups (broad SMARTS) is 1. The number of fused-ring (bicyclic) bond motifs is 2. The number of rotatable bonds is 3. The molecule has 1 N–H and O–H groups in total. The lowest BCUT2D eigenvalue weighted by atomic mass is 9.91. The van der Waals surface area contributed by atoms with Gasteiger partial charge in [-0.3, -0.25) is 0 Å². The molecule has 0 saturated carbocycles. The van der Waals surface area contributed by atoms with Gasteiger partial charge in [0.05, 0.1) is 6.26 Å². The third-order valence-corrected chi connectivity index (χ3v) is 9.57. The highest BCUT2D eigenvalue weighted by Gasteiger charge is 2.41. The van der Waals surface area contributed by atoms with E-state index in [4.69, 9.17) is 4.42 Å². The molecule has 0 amide bonds. The van der Waals surface area contributed by atoms with E-state index in [1.165, 1.54) is 22.7 Å². The molecule has 6 heteroatoms. The standard InChI is InChI=1S/C24H26N2O3Si/c1-25(2)15-7-9-17-20(13-15)30(5,6)21-14-16(26(3)4)8-10-18(21)22(17)23-19(24(27)28)11-12-29-23/h7-14H,1-6H3/p+1. The molecule has 0 atom stereocenters. The van der Waals surface area contributed by atoms with Gasteiger partial charge in [-0.25, -0.2) is 9.37 Å². The van der Waals surface area contributed by atoms with Crippen molar-refractivity contribution in [1.82, 2.24) is 0 Å². The van der Waals surface area contributed by atoms with Crippen molar-refractivity contribution < 1.29 is 18.9 Å². The van der Waals surface area contributed by atoms with Crippen molar-refractivity contribution in [3.8, 4) is 0 Å². The lowest BCUT2D eigenvalue weighted by Gasteiger charge is -2.37. The van der Waals surface area contributed by atoms with Crippen molar-refractivity contribution in [3.63, 3.8) is 0 Å². The second kappa shape index (κ2) is 6.99. The lowest BCUT2D eigenvalue weighted by Crippen LogP contribution is -2.49. The van der Waals surface area contributed by atoms with E-state index >= 15 is 0 Å². The second-order valence-corrected chi connectivity index (χ2v) is 13.0. The minimum atomic E-state index is -2.05. The molecule has 2 aliphatic rings. The van der Waals surface area contributed by atoms with Crippen LogP contribution in [0.4, 0.5) is 5.69 Å². The number of carbonyl (C=O) groups is 1. The molecule has 1 aromatic carbocycles. The zero-order valence-corrected chi connectivity index (χ0v) is 19.3. The van der Waals surface area contributed by atoms with Gasteiger partial charge < -0.3 is 14.4 Å². The van der Waals surface area contributed by atoms with Crippen LogP contribution in [-0.2, 0) is 0 Å². The van der Waals surface area contributed by atoms with Gasteiger partial charge in [0.1, 0.15) is 33.5 Å². The molecule has 1 aromatic heterocycles. The number of hydrogen-bond acceptors (Lipinski definition) is 3. The Morgan fingerprint density at radius 1 is 1.13 bits per heavy atom. The van der Waals surface area contributed by atoms with Crippen molar-refractivity contribution in [1.29, 1.82) is 0 Å². The van der Waals surface area contributed by atoms with Crippen molar-refractivity contribution in [3.05, 3.63) is 76.4 Å². The summed E-state index contributed by atoms with van der Waals surface area (Å²) in [5.41, 5.74) is 5.47. The van der Waals surface area contributed by atoms with Crippen LogP contribution in [0, 0.1) is 0 Å². The lowest BCUT2D eigenvalue weighted by molar-refractivity contribution is -0.462. The molecule has 5 nitrogen and oxygen atoms in total. The van der Waals surface area contributed by atoms with Gasteiger partial charge in [0, 0.05) is 37.5 Å². The first-order chi connectivity index (χ1) is 14.1. The van der Waals surface area contributed by atoms with E-state index in [-0.39, 0.29) is 5.56 Å². The first kappa shape index (κ1) is 20.2. The topological polar surface area (TPSA) is 56.7 Å². The summed E-state index contributed by atoms with van der Waals surface area (Å²) in [5, 5.41) is 12.3. The Balaban J connectivity index is 2.11. The Morgan fingerprint density at radius 2 is 1.87 bits per heavy atom. The van der Waals surface area contributed by atoms with E-state index in [0.29, 0.717) is 5.76 Å². The molecule has 0 unspecified atom stereocenters. The highest BCUT2D eigenvalue weighted by molar-refractivity contribution is 6.98. The van der Waals surface area contributed by atoms with Gasteiger partial charge in [0.15, 0.2) is 5.71 Å². The molecule has 2 aromatic rings. The zero-order chi connectivity index (χ0) is 21.8. The van der Waals surface area contributed by atoms with Crippen molar-refractivity contribution in [2.24, 2.45) is 0 Å². The normalized spacial score (nSPS) is 16.7. The largest absolute Gasteiger partial charge is 0.478 e. The van der Waals surface area contributed by atoms with Gasteiger partial charge in [-0.15, -0.1) is 0 Å². The number of benzene rings is 1. The van der Waals surface area contributed by atoms with E-state index in [9.17, 15) is 9.90 Å². The number of aromatic carboxylic acids is 1. The van der Waals surface area contributed by atoms with Crippen LogP contribution in [0.5, 0.6) is 0 Å². The van der Waals surface area contributed by atoms with Crippen molar-refractivity contribution in [2.75, 3.05) is 33.1 Å². The fourth-order valence-corrected chi connectivity index (χ4v) is 7.37. The summed E-state index contributed by atoms with van der Waals surface area (Å²) in [6, 6.07) is 8.00. The number of furan rings is 1. The van der Waals surface area contributed by atoms with Crippen LogP contribution >= 0.6 is 0 Å². The Bertz CT molecular complexity index is 1190. The third-order valence-electron chi connectivity index (χ3n) is 6.05. The fourth-order valence-electron chi connectivity index (χ4n) is 4.30. The average molecular weight is 420 g/mol. The van der Waals surface area contributed by atoms with E-state index in [1.54, 1.807) is 0 Å². The Kier molecular flexibility index (Phi) is 4.70. The molecule has 1 aliphatic carbocycles. The Labute approximate surface area is 178 Å². The van der Waals surface area contributed by atoms with Crippen LogP contribution in [0.15, 0.2) is 63.9 Å². The molecule has 0 spiro atoms. The van der Waals surface area contributed by atoms with Crippen molar-refractivity contribution in [2.45, 2.75) is 13.1 Å². The number of carboxylic acids is 1. The van der Waals surface area contributed by atoms with Gasteiger partial charge in [-0.2, -0.15) is 0 Å². The minimum absolute atomic E-state index is 0.191. The van der Waals surface area contributed by atoms with Gasteiger partial charge in [-0.05, 0) is 45.8 Å². The maximum absolute atomic E-state index is 11.9.